The van der Waals surface area contributed by atoms with Gasteiger partial charge in [0.1, 0.15) is 11.9 Å². The van der Waals surface area contributed by atoms with Crippen LogP contribution in [0.15, 0.2) is 59.5 Å². The summed E-state index contributed by atoms with van der Waals surface area (Å²) in [6.45, 7) is 14.9. The first-order valence-electron chi connectivity index (χ1n) is 17.9. The molecule has 0 aliphatic carbocycles. The van der Waals surface area contributed by atoms with Crippen molar-refractivity contribution >= 4 is 35.7 Å². The lowest BCUT2D eigenvalue weighted by Gasteiger charge is -2.31. The molecular formula is C39H54N6O4S. The zero-order chi connectivity index (χ0) is 35.5. The van der Waals surface area contributed by atoms with Crippen LogP contribution in [0.4, 0.5) is 16.2 Å². The molecule has 0 spiro atoms. The number of aromatic nitrogens is 1. The molecule has 1 amide bonds. The van der Waals surface area contributed by atoms with Gasteiger partial charge < -0.3 is 24.6 Å². The summed E-state index contributed by atoms with van der Waals surface area (Å²) in [5, 5.41) is 3.32. The van der Waals surface area contributed by atoms with Crippen LogP contribution >= 0.6 is 11.9 Å². The smallest absolute Gasteiger partial charge is 0.410 e. The van der Waals surface area contributed by atoms with Gasteiger partial charge in [-0.1, -0.05) is 18.2 Å². The van der Waals surface area contributed by atoms with E-state index in [0.717, 1.165) is 104 Å². The molecule has 4 heterocycles. The molecule has 0 unspecified atom stereocenters. The van der Waals surface area contributed by atoms with Crippen LogP contribution < -0.4 is 10.2 Å². The molecule has 0 bridgehead atoms. The van der Waals surface area contributed by atoms with E-state index in [4.69, 9.17) is 14.5 Å². The van der Waals surface area contributed by atoms with Gasteiger partial charge >= 0.3 is 6.09 Å². The molecular weight excluding hydrogens is 649 g/mol. The quantitative estimate of drug-likeness (QED) is 0.189. The number of hydrogen-bond acceptors (Lipinski definition) is 10. The summed E-state index contributed by atoms with van der Waals surface area (Å²) in [7, 11) is 4.04. The average molecular weight is 703 g/mol. The van der Waals surface area contributed by atoms with Crippen LogP contribution in [0.25, 0.3) is 11.3 Å². The number of pyridine rings is 1. The van der Waals surface area contributed by atoms with E-state index in [2.05, 4.69) is 56.8 Å². The van der Waals surface area contributed by atoms with Crippen molar-refractivity contribution in [2.24, 2.45) is 0 Å². The first-order valence-corrected chi connectivity index (χ1v) is 18.7. The fraction of sp³-hybridized carbons (Fsp3) is 0.513. The Hall–Kier alpha value is -3.64. The number of anilines is 2. The normalized spacial score (nSPS) is 16.7. The van der Waals surface area contributed by atoms with E-state index in [1.807, 2.05) is 52.1 Å². The lowest BCUT2D eigenvalue weighted by atomic mass is 10.0. The Balaban J connectivity index is 0.000000219. The Morgan fingerprint density at radius 3 is 2.52 bits per heavy atom. The third-order valence-corrected chi connectivity index (χ3v) is 10.0. The number of ether oxygens (including phenoxy) is 2. The first-order chi connectivity index (χ1) is 24.1. The highest BCUT2D eigenvalue weighted by atomic mass is 32.2. The van der Waals surface area contributed by atoms with E-state index in [-0.39, 0.29) is 6.09 Å². The van der Waals surface area contributed by atoms with Gasteiger partial charge in [-0.2, -0.15) is 0 Å². The average Bonchev–Trinajstić information content (AvgIpc) is 3.13. The zero-order valence-electron chi connectivity index (χ0n) is 30.5. The second-order valence-corrected chi connectivity index (χ2v) is 15.3. The molecule has 3 aliphatic rings. The van der Waals surface area contributed by atoms with Gasteiger partial charge in [-0.15, -0.1) is 0 Å². The van der Waals surface area contributed by atoms with Gasteiger partial charge in [0.05, 0.1) is 25.5 Å². The number of likely N-dealkylation sites (N-methyl/N-ethyl adjacent to an activating group) is 1. The van der Waals surface area contributed by atoms with E-state index in [0.29, 0.717) is 13.1 Å². The van der Waals surface area contributed by atoms with Gasteiger partial charge in [-0.05, 0) is 101 Å². The van der Waals surface area contributed by atoms with Gasteiger partial charge in [0.15, 0.2) is 0 Å². The van der Waals surface area contributed by atoms with Crippen molar-refractivity contribution < 1.29 is 19.1 Å². The van der Waals surface area contributed by atoms with Crippen molar-refractivity contribution in [3.63, 3.8) is 0 Å². The van der Waals surface area contributed by atoms with Crippen LogP contribution in [0.2, 0.25) is 0 Å². The maximum Gasteiger partial charge on any atom is 0.410 e. The molecule has 3 aliphatic heterocycles. The second-order valence-electron chi connectivity index (χ2n) is 14.1. The summed E-state index contributed by atoms with van der Waals surface area (Å²) in [4.78, 5) is 36.0. The highest BCUT2D eigenvalue weighted by Crippen LogP contribution is 2.33. The standard InChI is InChI=1S/C25H34N4O2.C14H20N2O2S/c1-25(2,3)31-24(30)29-15-12-21-18(17-29)8-10-23(27-21)20-16-19(9-11-22(20)26-4)28-13-6-5-7-14-28;1-15(5-6-16-7-9-18-10-8-16)19-14-4-2-3-13(11-14)12-17/h8-11,16,26H,5-7,12-15,17H2,1-4H3;2-4,11-12H,5-10H2,1H3. The number of nitrogens with zero attached hydrogens (tertiary/aromatic N) is 5. The minimum atomic E-state index is -0.484. The number of rotatable bonds is 9. The Kier molecular flexibility index (Phi) is 13.6. The van der Waals surface area contributed by atoms with E-state index >= 15 is 0 Å². The van der Waals surface area contributed by atoms with E-state index < -0.39 is 5.60 Å². The Bertz CT molecular complexity index is 1570. The molecule has 2 aromatic carbocycles. The topological polar surface area (TPSA) is 90.5 Å². The number of carbonyl (C=O) groups excluding carboxylic acids is 2. The molecule has 10 nitrogen and oxygen atoms in total. The lowest BCUT2D eigenvalue weighted by molar-refractivity contribution is 0.0222. The van der Waals surface area contributed by atoms with Crippen molar-refractivity contribution in [1.82, 2.24) is 19.1 Å². The van der Waals surface area contributed by atoms with Crippen LogP contribution in [0, 0.1) is 0 Å². The Morgan fingerprint density at radius 2 is 1.80 bits per heavy atom. The lowest BCUT2D eigenvalue weighted by Crippen LogP contribution is -2.40. The number of carbonyl (C=O) groups is 2. The largest absolute Gasteiger partial charge is 0.444 e. The summed E-state index contributed by atoms with van der Waals surface area (Å²) in [5.74, 6) is 0. The van der Waals surface area contributed by atoms with Crippen molar-refractivity contribution in [3.8, 4) is 11.3 Å². The number of fused-ring (bicyclic) bond motifs is 1. The van der Waals surface area contributed by atoms with Gasteiger partial charge in [0.25, 0.3) is 0 Å². The number of morpholine rings is 1. The molecule has 1 aromatic heterocycles. The molecule has 11 heteroatoms. The molecule has 0 radical (unpaired) electrons. The van der Waals surface area contributed by atoms with Gasteiger partial charge in [0, 0.05) is 92.4 Å². The van der Waals surface area contributed by atoms with Gasteiger partial charge in [-0.3, -0.25) is 14.7 Å². The highest BCUT2D eigenvalue weighted by Gasteiger charge is 2.27. The summed E-state index contributed by atoms with van der Waals surface area (Å²) < 4.78 is 13.1. The summed E-state index contributed by atoms with van der Waals surface area (Å²) in [6, 6.07) is 18.5. The number of amides is 1. The fourth-order valence-corrected chi connectivity index (χ4v) is 7.20. The van der Waals surface area contributed by atoms with Crippen molar-refractivity contribution in [1.29, 1.82) is 0 Å². The molecule has 6 rings (SSSR count). The van der Waals surface area contributed by atoms with Crippen molar-refractivity contribution in [2.45, 2.75) is 63.5 Å². The van der Waals surface area contributed by atoms with Crippen LogP contribution in [0.5, 0.6) is 0 Å². The summed E-state index contributed by atoms with van der Waals surface area (Å²) >= 11 is 1.68. The molecule has 2 saturated heterocycles. The number of nitrogens with one attached hydrogen (secondary N) is 1. The maximum atomic E-state index is 12.5. The SMILES string of the molecule is CN(CCN1CCOCC1)Sc1cccc(C=O)c1.CNc1ccc(N2CCCCC2)cc1-c1ccc2c(n1)CCN(C(=O)OC(C)(C)C)C2. The maximum absolute atomic E-state index is 12.5. The molecule has 3 aromatic rings. The predicted molar refractivity (Wildman–Crippen MR) is 203 cm³/mol. The highest BCUT2D eigenvalue weighted by molar-refractivity contribution is 7.97. The molecule has 1 N–H and O–H groups in total. The van der Waals surface area contributed by atoms with E-state index in [1.165, 1.54) is 24.9 Å². The Labute approximate surface area is 302 Å². The minimum Gasteiger partial charge on any atom is -0.444 e. The third kappa shape index (κ3) is 10.9. The number of benzene rings is 2. The van der Waals surface area contributed by atoms with E-state index in [1.54, 1.807) is 16.8 Å². The predicted octanol–water partition coefficient (Wildman–Crippen LogP) is 6.84. The fourth-order valence-electron chi connectivity index (χ4n) is 6.34. The zero-order valence-corrected chi connectivity index (χ0v) is 31.3. The first kappa shape index (κ1) is 37.6. The van der Waals surface area contributed by atoms with Crippen LogP contribution in [-0.2, 0) is 22.4 Å². The Morgan fingerprint density at radius 1 is 1.02 bits per heavy atom. The number of piperidine rings is 1. The molecule has 0 saturated carbocycles. The minimum absolute atomic E-state index is 0.256. The third-order valence-electron chi connectivity index (χ3n) is 9.06. The summed E-state index contributed by atoms with van der Waals surface area (Å²) in [6.07, 6.45) is 5.21. The second kappa shape index (κ2) is 18.0. The molecule has 2 fully saturated rings. The van der Waals surface area contributed by atoms with E-state index in [9.17, 15) is 9.59 Å². The van der Waals surface area contributed by atoms with Gasteiger partial charge in [0.2, 0.25) is 0 Å². The summed E-state index contributed by atoms with van der Waals surface area (Å²) in [5.41, 5.74) is 6.87. The van der Waals surface area contributed by atoms with Crippen LogP contribution in [-0.4, -0.2) is 110 Å². The van der Waals surface area contributed by atoms with Crippen molar-refractivity contribution in [2.75, 3.05) is 83.3 Å². The molecule has 270 valence electrons. The monoisotopic (exact) mass is 702 g/mol. The molecule has 50 heavy (non-hydrogen) atoms. The van der Waals surface area contributed by atoms with Crippen LogP contribution in [0.1, 0.15) is 61.6 Å². The number of hydrogen-bond donors (Lipinski definition) is 1. The van der Waals surface area contributed by atoms with Crippen LogP contribution in [0.3, 0.4) is 0 Å². The van der Waals surface area contributed by atoms with Crippen molar-refractivity contribution in [3.05, 3.63) is 71.4 Å². The van der Waals surface area contributed by atoms with Gasteiger partial charge in [-0.25, -0.2) is 9.10 Å². The number of aldehydes is 1. The molecule has 0 atom stereocenters.